The first-order valence-electron chi connectivity index (χ1n) is 4.28. The van der Waals surface area contributed by atoms with Crippen molar-refractivity contribution in [1.29, 1.82) is 0 Å². The Morgan fingerprint density at radius 1 is 1.40 bits per heavy atom. The predicted octanol–water partition coefficient (Wildman–Crippen LogP) is 2.59. The van der Waals surface area contributed by atoms with Crippen LogP contribution in [0.1, 0.15) is 24.0 Å². The van der Waals surface area contributed by atoms with Gasteiger partial charge in [0.05, 0.1) is 5.56 Å². The first-order chi connectivity index (χ1) is 6.86. The van der Waals surface area contributed by atoms with Crippen molar-refractivity contribution in [2.45, 2.75) is 19.0 Å². The fourth-order valence-corrected chi connectivity index (χ4v) is 1.18. The Hall–Kier alpha value is -1.52. The molecule has 1 unspecified atom stereocenters. The number of nitrogen functional groups attached to an aromatic ring is 1. The highest BCUT2D eigenvalue weighted by molar-refractivity contribution is 5.63. The smallest absolute Gasteiger partial charge is 0.398 e. The average Bonchev–Trinajstić information content (AvgIpc) is 2.15. The molecule has 0 aliphatic carbocycles. The van der Waals surface area contributed by atoms with E-state index in [9.17, 15) is 18.0 Å². The molecule has 0 heterocycles. The Labute approximate surface area is 84.9 Å². The number of aldehydes is 1. The summed E-state index contributed by atoms with van der Waals surface area (Å²) >= 11 is 0. The maximum atomic E-state index is 12.4. The molecular weight excluding hydrogens is 207 g/mol. The van der Waals surface area contributed by atoms with Gasteiger partial charge in [-0.2, -0.15) is 13.2 Å². The van der Waals surface area contributed by atoms with Crippen molar-refractivity contribution in [3.05, 3.63) is 29.3 Å². The maximum Gasteiger partial charge on any atom is 0.418 e. The predicted molar refractivity (Wildman–Crippen MR) is 50.3 cm³/mol. The van der Waals surface area contributed by atoms with E-state index < -0.39 is 17.7 Å². The van der Waals surface area contributed by atoms with E-state index in [0.717, 1.165) is 12.1 Å². The van der Waals surface area contributed by atoms with Crippen molar-refractivity contribution in [2.75, 3.05) is 5.73 Å². The standard InChI is InChI=1S/C10H10F3NO/c1-6(5-15)7-2-3-9(14)8(4-7)10(11,12)13/h2-6H,14H2,1H3. The summed E-state index contributed by atoms with van der Waals surface area (Å²) < 4.78 is 37.3. The molecule has 2 N–H and O–H groups in total. The van der Waals surface area contributed by atoms with Crippen LogP contribution in [0.4, 0.5) is 18.9 Å². The third-order valence-corrected chi connectivity index (χ3v) is 2.11. The Bertz CT molecular complexity index is 373. The number of rotatable bonds is 2. The molecule has 0 bridgehead atoms. The van der Waals surface area contributed by atoms with Crippen LogP contribution >= 0.6 is 0 Å². The molecule has 0 fully saturated rings. The molecule has 1 aromatic rings. The molecule has 0 aliphatic heterocycles. The second kappa shape index (κ2) is 3.92. The highest BCUT2D eigenvalue weighted by Gasteiger charge is 2.33. The number of benzene rings is 1. The summed E-state index contributed by atoms with van der Waals surface area (Å²) in [5, 5.41) is 0. The maximum absolute atomic E-state index is 12.4. The molecule has 5 heteroatoms. The minimum atomic E-state index is -4.48. The number of halogens is 3. The van der Waals surface area contributed by atoms with Crippen molar-refractivity contribution in [2.24, 2.45) is 0 Å². The molecule has 82 valence electrons. The van der Waals surface area contributed by atoms with Gasteiger partial charge in [0.2, 0.25) is 0 Å². The van der Waals surface area contributed by atoms with Gasteiger partial charge in [-0.05, 0) is 17.7 Å². The van der Waals surface area contributed by atoms with E-state index in [0.29, 0.717) is 11.8 Å². The Balaban J connectivity index is 3.22. The van der Waals surface area contributed by atoms with Crippen LogP contribution in [0.2, 0.25) is 0 Å². The average molecular weight is 217 g/mol. The lowest BCUT2D eigenvalue weighted by atomic mass is 9.99. The van der Waals surface area contributed by atoms with E-state index in [4.69, 9.17) is 5.73 Å². The SMILES string of the molecule is CC(C=O)c1ccc(N)c(C(F)(F)F)c1. The third kappa shape index (κ3) is 2.49. The number of anilines is 1. The number of alkyl halides is 3. The van der Waals surface area contributed by atoms with E-state index in [1.165, 1.54) is 13.0 Å². The zero-order valence-corrected chi connectivity index (χ0v) is 8.01. The van der Waals surface area contributed by atoms with Gasteiger partial charge in [0, 0.05) is 11.6 Å². The molecule has 2 nitrogen and oxygen atoms in total. The minimum Gasteiger partial charge on any atom is -0.398 e. The molecule has 0 spiro atoms. The summed E-state index contributed by atoms with van der Waals surface area (Å²) in [5.41, 5.74) is 4.30. The van der Waals surface area contributed by atoms with Gasteiger partial charge >= 0.3 is 6.18 Å². The van der Waals surface area contributed by atoms with Gasteiger partial charge in [-0.1, -0.05) is 13.0 Å². The Morgan fingerprint density at radius 3 is 2.47 bits per heavy atom. The van der Waals surface area contributed by atoms with Crippen LogP contribution in [0, 0.1) is 0 Å². The van der Waals surface area contributed by atoms with Crippen molar-refractivity contribution >= 4 is 12.0 Å². The number of hydrogen-bond acceptors (Lipinski definition) is 2. The highest BCUT2D eigenvalue weighted by atomic mass is 19.4. The zero-order chi connectivity index (χ0) is 11.6. The Morgan fingerprint density at radius 2 is 2.00 bits per heavy atom. The van der Waals surface area contributed by atoms with Crippen LogP contribution in [0.3, 0.4) is 0 Å². The lowest BCUT2D eigenvalue weighted by Gasteiger charge is -2.12. The number of carbonyl (C=O) groups excluding carboxylic acids is 1. The van der Waals surface area contributed by atoms with Crippen molar-refractivity contribution in [3.63, 3.8) is 0 Å². The largest absolute Gasteiger partial charge is 0.418 e. The van der Waals surface area contributed by atoms with Crippen molar-refractivity contribution in [1.82, 2.24) is 0 Å². The van der Waals surface area contributed by atoms with Gasteiger partial charge in [0.1, 0.15) is 6.29 Å². The fraction of sp³-hybridized carbons (Fsp3) is 0.300. The monoisotopic (exact) mass is 217 g/mol. The summed E-state index contributed by atoms with van der Waals surface area (Å²) in [7, 11) is 0. The molecule has 0 aliphatic rings. The molecule has 0 radical (unpaired) electrons. The van der Waals surface area contributed by atoms with Crippen molar-refractivity contribution in [3.8, 4) is 0 Å². The summed E-state index contributed by atoms with van der Waals surface area (Å²) in [6, 6.07) is 3.50. The second-order valence-corrected chi connectivity index (χ2v) is 3.27. The van der Waals surface area contributed by atoms with E-state index >= 15 is 0 Å². The van der Waals surface area contributed by atoms with E-state index in [2.05, 4.69) is 0 Å². The summed E-state index contributed by atoms with van der Waals surface area (Å²) in [4.78, 5) is 10.4. The number of nitrogens with two attached hydrogens (primary N) is 1. The summed E-state index contributed by atoms with van der Waals surface area (Å²) in [6.07, 6.45) is -3.89. The van der Waals surface area contributed by atoms with Crippen LogP contribution < -0.4 is 5.73 Å². The summed E-state index contributed by atoms with van der Waals surface area (Å²) in [5.74, 6) is -0.563. The topological polar surface area (TPSA) is 43.1 Å². The van der Waals surface area contributed by atoms with Crippen LogP contribution in [0.25, 0.3) is 0 Å². The van der Waals surface area contributed by atoms with Gasteiger partial charge in [0.15, 0.2) is 0 Å². The third-order valence-electron chi connectivity index (χ3n) is 2.11. The molecular formula is C10H10F3NO. The normalized spacial score (nSPS) is 13.6. The lowest BCUT2D eigenvalue weighted by molar-refractivity contribution is -0.137. The fourth-order valence-electron chi connectivity index (χ4n) is 1.18. The van der Waals surface area contributed by atoms with Crippen LogP contribution in [0.15, 0.2) is 18.2 Å². The van der Waals surface area contributed by atoms with Gasteiger partial charge in [-0.25, -0.2) is 0 Å². The van der Waals surface area contributed by atoms with Crippen molar-refractivity contribution < 1.29 is 18.0 Å². The molecule has 1 atom stereocenters. The summed E-state index contributed by atoms with van der Waals surface area (Å²) in [6.45, 7) is 1.53. The van der Waals surface area contributed by atoms with Crippen LogP contribution in [0.5, 0.6) is 0 Å². The number of carbonyl (C=O) groups is 1. The lowest BCUT2D eigenvalue weighted by Crippen LogP contribution is -2.10. The quantitative estimate of drug-likeness (QED) is 0.611. The van der Waals surface area contributed by atoms with Gasteiger partial charge in [0.25, 0.3) is 0 Å². The zero-order valence-electron chi connectivity index (χ0n) is 8.01. The first-order valence-corrected chi connectivity index (χ1v) is 4.28. The minimum absolute atomic E-state index is 0.312. The molecule has 0 saturated heterocycles. The molecule has 1 aromatic carbocycles. The Kier molecular flexibility index (Phi) is 3.02. The van der Waals surface area contributed by atoms with Crippen LogP contribution in [-0.2, 0) is 11.0 Å². The van der Waals surface area contributed by atoms with Gasteiger partial charge in [-0.15, -0.1) is 0 Å². The highest BCUT2D eigenvalue weighted by Crippen LogP contribution is 2.35. The van der Waals surface area contributed by atoms with E-state index in [-0.39, 0.29) is 5.69 Å². The van der Waals surface area contributed by atoms with E-state index in [1.54, 1.807) is 0 Å². The second-order valence-electron chi connectivity index (χ2n) is 3.27. The van der Waals surface area contributed by atoms with E-state index in [1.807, 2.05) is 0 Å². The van der Waals surface area contributed by atoms with Gasteiger partial charge < -0.3 is 10.5 Å². The molecule has 1 rings (SSSR count). The number of hydrogen-bond donors (Lipinski definition) is 1. The molecule has 0 saturated carbocycles. The first kappa shape index (κ1) is 11.6. The molecule has 0 amide bonds. The van der Waals surface area contributed by atoms with Crippen LogP contribution in [-0.4, -0.2) is 6.29 Å². The van der Waals surface area contributed by atoms with Gasteiger partial charge in [-0.3, -0.25) is 0 Å². The molecule has 0 aromatic heterocycles. The molecule has 15 heavy (non-hydrogen) atoms.